The second-order valence-electron chi connectivity index (χ2n) is 3.77. The smallest absolute Gasteiger partial charge is 0.322 e. The fourth-order valence-electron chi connectivity index (χ4n) is 1.27. The van der Waals surface area contributed by atoms with Crippen molar-refractivity contribution >= 4 is 16.2 Å². The summed E-state index contributed by atoms with van der Waals surface area (Å²) in [6, 6.07) is -1.09. The molecule has 0 saturated carbocycles. The summed E-state index contributed by atoms with van der Waals surface area (Å²) in [6.45, 7) is 7.35. The Morgan fingerprint density at radius 2 is 1.75 bits per heavy atom. The summed E-state index contributed by atoms with van der Waals surface area (Å²) >= 11 is 0. The first kappa shape index (κ1) is 15.3. The van der Waals surface area contributed by atoms with Gasteiger partial charge in [0.15, 0.2) is 0 Å². The first-order chi connectivity index (χ1) is 7.26. The lowest BCUT2D eigenvalue weighted by atomic mass is 10.1. The second kappa shape index (κ2) is 6.17. The van der Waals surface area contributed by atoms with Gasteiger partial charge in [0, 0.05) is 13.1 Å². The van der Waals surface area contributed by atoms with Crippen molar-refractivity contribution in [2.45, 2.75) is 33.7 Å². The molecule has 0 rings (SSSR count). The molecular weight excluding hydrogens is 232 g/mol. The molecule has 0 heterocycles. The molecule has 16 heavy (non-hydrogen) atoms. The van der Waals surface area contributed by atoms with E-state index >= 15 is 0 Å². The van der Waals surface area contributed by atoms with Crippen LogP contribution in [0.5, 0.6) is 0 Å². The fourth-order valence-corrected chi connectivity index (χ4v) is 2.79. The number of carbonyl (C=O) groups is 1. The van der Waals surface area contributed by atoms with Gasteiger partial charge in [0.2, 0.25) is 0 Å². The van der Waals surface area contributed by atoms with E-state index in [0.717, 1.165) is 0 Å². The molecule has 0 aromatic heterocycles. The van der Waals surface area contributed by atoms with Gasteiger partial charge in [-0.25, -0.2) is 0 Å². The van der Waals surface area contributed by atoms with Gasteiger partial charge in [-0.3, -0.25) is 4.79 Å². The van der Waals surface area contributed by atoms with Crippen LogP contribution in [0.25, 0.3) is 0 Å². The Kier molecular flexibility index (Phi) is 5.91. The number of carboxylic acids is 1. The second-order valence-corrected chi connectivity index (χ2v) is 5.47. The van der Waals surface area contributed by atoms with Gasteiger partial charge < -0.3 is 5.11 Å². The standard InChI is InChI=1S/C9H20N2O4S/c1-5-11(6-2)16(14,15)10-8(7(3)4)9(12)13/h7-8,10H,5-6H2,1-4H3,(H,12,13). The van der Waals surface area contributed by atoms with Gasteiger partial charge in [0.1, 0.15) is 6.04 Å². The van der Waals surface area contributed by atoms with Crippen LogP contribution in [0, 0.1) is 5.92 Å². The van der Waals surface area contributed by atoms with Crippen molar-refractivity contribution in [3.8, 4) is 0 Å². The van der Waals surface area contributed by atoms with Crippen LogP contribution < -0.4 is 4.72 Å². The van der Waals surface area contributed by atoms with E-state index < -0.39 is 22.2 Å². The Labute approximate surface area is 96.8 Å². The van der Waals surface area contributed by atoms with Crippen LogP contribution in [-0.2, 0) is 15.0 Å². The third kappa shape index (κ3) is 4.07. The normalized spacial score (nSPS) is 14.4. The fraction of sp³-hybridized carbons (Fsp3) is 0.889. The van der Waals surface area contributed by atoms with E-state index in [1.54, 1.807) is 27.7 Å². The average Bonchev–Trinajstić information content (AvgIpc) is 2.14. The third-order valence-electron chi connectivity index (χ3n) is 2.25. The maximum atomic E-state index is 11.8. The molecule has 96 valence electrons. The minimum absolute atomic E-state index is 0.303. The number of nitrogens with zero attached hydrogens (tertiary/aromatic N) is 1. The van der Waals surface area contributed by atoms with Gasteiger partial charge in [-0.1, -0.05) is 27.7 Å². The Balaban J connectivity index is 4.86. The lowest BCUT2D eigenvalue weighted by molar-refractivity contribution is -0.140. The zero-order chi connectivity index (χ0) is 12.9. The molecule has 6 nitrogen and oxygen atoms in total. The number of hydrogen-bond acceptors (Lipinski definition) is 3. The molecule has 0 aliphatic carbocycles. The monoisotopic (exact) mass is 252 g/mol. The minimum Gasteiger partial charge on any atom is -0.480 e. The van der Waals surface area contributed by atoms with Gasteiger partial charge >= 0.3 is 5.97 Å². The first-order valence-electron chi connectivity index (χ1n) is 5.26. The van der Waals surface area contributed by atoms with Crippen molar-refractivity contribution in [2.24, 2.45) is 5.92 Å². The van der Waals surface area contributed by atoms with Crippen LogP contribution in [-0.4, -0.2) is 42.9 Å². The van der Waals surface area contributed by atoms with Crippen LogP contribution in [0.1, 0.15) is 27.7 Å². The molecule has 1 unspecified atom stereocenters. The molecule has 0 aliphatic heterocycles. The predicted octanol–water partition coefficient (Wildman–Crippen LogP) is 0.272. The van der Waals surface area contributed by atoms with E-state index in [-0.39, 0.29) is 5.92 Å². The molecule has 0 aromatic carbocycles. The number of aliphatic carboxylic acids is 1. The summed E-state index contributed by atoms with van der Waals surface area (Å²) in [6.07, 6.45) is 0. The van der Waals surface area contributed by atoms with Crippen LogP contribution in [0.3, 0.4) is 0 Å². The van der Waals surface area contributed by atoms with Gasteiger partial charge in [-0.2, -0.15) is 17.4 Å². The van der Waals surface area contributed by atoms with Crippen molar-refractivity contribution < 1.29 is 18.3 Å². The van der Waals surface area contributed by atoms with Gasteiger partial charge in [-0.15, -0.1) is 0 Å². The molecule has 0 radical (unpaired) electrons. The zero-order valence-electron chi connectivity index (χ0n) is 10.1. The maximum absolute atomic E-state index is 11.8. The number of hydrogen-bond donors (Lipinski definition) is 2. The average molecular weight is 252 g/mol. The summed E-state index contributed by atoms with van der Waals surface area (Å²) in [5, 5.41) is 8.89. The molecule has 0 aromatic rings. The quantitative estimate of drug-likeness (QED) is 0.681. The van der Waals surface area contributed by atoms with E-state index in [0.29, 0.717) is 13.1 Å². The highest BCUT2D eigenvalue weighted by atomic mass is 32.2. The topological polar surface area (TPSA) is 86.7 Å². The molecule has 0 saturated heterocycles. The van der Waals surface area contributed by atoms with E-state index in [2.05, 4.69) is 4.72 Å². The number of rotatable bonds is 7. The predicted molar refractivity (Wildman–Crippen MR) is 61.2 cm³/mol. The lowest BCUT2D eigenvalue weighted by Gasteiger charge is -2.23. The first-order valence-corrected chi connectivity index (χ1v) is 6.70. The highest BCUT2D eigenvalue weighted by molar-refractivity contribution is 7.87. The van der Waals surface area contributed by atoms with E-state index in [1.807, 2.05) is 0 Å². The summed E-state index contributed by atoms with van der Waals surface area (Å²) < 4.78 is 26.9. The molecular formula is C9H20N2O4S. The van der Waals surface area contributed by atoms with Crippen molar-refractivity contribution in [1.29, 1.82) is 0 Å². The maximum Gasteiger partial charge on any atom is 0.322 e. The Morgan fingerprint density at radius 1 is 1.31 bits per heavy atom. The van der Waals surface area contributed by atoms with Crippen LogP contribution >= 0.6 is 0 Å². The van der Waals surface area contributed by atoms with Crippen molar-refractivity contribution in [1.82, 2.24) is 9.03 Å². The SMILES string of the molecule is CCN(CC)S(=O)(=O)NC(C(=O)O)C(C)C. The van der Waals surface area contributed by atoms with Crippen molar-refractivity contribution in [3.05, 3.63) is 0 Å². The lowest BCUT2D eigenvalue weighted by Crippen LogP contribution is -2.50. The van der Waals surface area contributed by atoms with Gasteiger partial charge in [-0.05, 0) is 5.92 Å². The van der Waals surface area contributed by atoms with Crippen molar-refractivity contribution in [3.63, 3.8) is 0 Å². The molecule has 0 bridgehead atoms. The summed E-state index contributed by atoms with van der Waals surface area (Å²) in [5.41, 5.74) is 0. The molecule has 2 N–H and O–H groups in total. The number of carboxylic acid groups (broad SMARTS) is 1. The van der Waals surface area contributed by atoms with Crippen LogP contribution in [0.4, 0.5) is 0 Å². The minimum atomic E-state index is -3.71. The molecule has 0 amide bonds. The number of nitrogens with one attached hydrogen (secondary N) is 1. The molecule has 7 heteroatoms. The largest absolute Gasteiger partial charge is 0.480 e. The highest BCUT2D eigenvalue weighted by Crippen LogP contribution is 2.06. The molecule has 1 atom stereocenters. The van der Waals surface area contributed by atoms with E-state index in [1.165, 1.54) is 4.31 Å². The van der Waals surface area contributed by atoms with Crippen LogP contribution in [0.15, 0.2) is 0 Å². The Bertz CT molecular complexity index is 322. The van der Waals surface area contributed by atoms with Crippen molar-refractivity contribution in [2.75, 3.05) is 13.1 Å². The van der Waals surface area contributed by atoms with Crippen LogP contribution in [0.2, 0.25) is 0 Å². The Hall–Kier alpha value is -0.660. The Morgan fingerprint density at radius 3 is 2.00 bits per heavy atom. The summed E-state index contributed by atoms with van der Waals surface area (Å²) in [5.74, 6) is -1.46. The summed E-state index contributed by atoms with van der Waals surface area (Å²) in [7, 11) is -3.71. The van der Waals surface area contributed by atoms with Gasteiger partial charge in [0.25, 0.3) is 10.2 Å². The molecule has 0 spiro atoms. The van der Waals surface area contributed by atoms with Gasteiger partial charge in [0.05, 0.1) is 0 Å². The summed E-state index contributed by atoms with van der Waals surface area (Å²) in [4.78, 5) is 10.9. The zero-order valence-corrected chi connectivity index (χ0v) is 10.9. The highest BCUT2D eigenvalue weighted by Gasteiger charge is 2.29. The molecule has 0 aliphatic rings. The van der Waals surface area contributed by atoms with E-state index in [9.17, 15) is 13.2 Å². The molecule has 0 fully saturated rings. The third-order valence-corrected chi connectivity index (χ3v) is 4.00. The van der Waals surface area contributed by atoms with E-state index in [4.69, 9.17) is 5.11 Å².